The highest BCUT2D eigenvalue weighted by Gasteiger charge is 2.43. The van der Waals surface area contributed by atoms with Crippen molar-refractivity contribution in [2.75, 3.05) is 16.3 Å². The quantitative estimate of drug-likeness (QED) is 0.572. The number of carboxylic acids is 1. The van der Waals surface area contributed by atoms with E-state index in [1.165, 1.54) is 21.1 Å². The number of anilines is 2. The third-order valence-electron chi connectivity index (χ3n) is 4.95. The van der Waals surface area contributed by atoms with Crippen molar-refractivity contribution in [1.82, 2.24) is 10.2 Å². The summed E-state index contributed by atoms with van der Waals surface area (Å²) in [6.07, 6.45) is 0. The van der Waals surface area contributed by atoms with Crippen molar-refractivity contribution < 1.29 is 19.5 Å². The summed E-state index contributed by atoms with van der Waals surface area (Å²) in [5, 5.41) is 18.8. The monoisotopic (exact) mass is 477 g/mol. The number of thioether (sulfide) groups is 1. The van der Waals surface area contributed by atoms with Gasteiger partial charge in [-0.2, -0.15) is 4.99 Å². The molecule has 0 saturated carbocycles. The van der Waals surface area contributed by atoms with Crippen LogP contribution in [0.4, 0.5) is 16.5 Å². The summed E-state index contributed by atoms with van der Waals surface area (Å²) in [6, 6.07) is 15.8. The number of para-hydroxylation sites is 2. The lowest BCUT2D eigenvalue weighted by atomic mass is 10.1. The molecule has 3 aromatic rings. The highest BCUT2D eigenvalue weighted by atomic mass is 32.2. The zero-order chi connectivity index (χ0) is 23.1. The van der Waals surface area contributed by atoms with Gasteiger partial charge in [-0.1, -0.05) is 47.7 Å². The predicted molar refractivity (Wildman–Crippen MR) is 127 cm³/mol. The Labute approximate surface area is 196 Å². The number of aryl methyl sites for hydroxylation is 1. The SMILES string of the molecule is Cc1nnc(/N=C2/S/C(=C3\C(=O)N(CC(=O)O)c4ccccc43)C(=O)N2c2ccccc2)s1. The maximum atomic E-state index is 13.6. The van der Waals surface area contributed by atoms with E-state index in [0.717, 1.165) is 16.8 Å². The van der Waals surface area contributed by atoms with Gasteiger partial charge in [0.2, 0.25) is 5.13 Å². The lowest BCUT2D eigenvalue weighted by molar-refractivity contribution is -0.136. The van der Waals surface area contributed by atoms with E-state index in [0.29, 0.717) is 27.2 Å². The van der Waals surface area contributed by atoms with Crippen molar-refractivity contribution in [2.24, 2.45) is 4.99 Å². The number of hydrogen-bond acceptors (Lipinski definition) is 8. The van der Waals surface area contributed by atoms with E-state index in [1.54, 1.807) is 48.5 Å². The van der Waals surface area contributed by atoms with Crippen molar-refractivity contribution in [3.8, 4) is 0 Å². The molecule has 2 aliphatic rings. The Hall–Kier alpha value is -3.83. The number of amides is 2. The Bertz CT molecular complexity index is 1370. The number of hydrogen-bond donors (Lipinski definition) is 1. The average Bonchev–Trinajstić information content (AvgIpc) is 3.43. The van der Waals surface area contributed by atoms with Crippen LogP contribution in [0.2, 0.25) is 0 Å². The molecule has 1 aromatic heterocycles. The van der Waals surface area contributed by atoms with Crippen LogP contribution in [0.1, 0.15) is 10.6 Å². The first-order valence-corrected chi connectivity index (χ1v) is 11.4. The van der Waals surface area contributed by atoms with Crippen molar-refractivity contribution in [2.45, 2.75) is 6.92 Å². The first-order valence-electron chi connectivity index (χ1n) is 9.77. The Balaban J connectivity index is 1.67. The molecular formula is C22H15N5O4S2. The first kappa shape index (κ1) is 21.0. The number of carboxylic acid groups (broad SMARTS) is 1. The Morgan fingerprint density at radius 1 is 1.03 bits per heavy atom. The van der Waals surface area contributed by atoms with E-state index < -0.39 is 24.3 Å². The molecular weight excluding hydrogens is 462 g/mol. The fourth-order valence-electron chi connectivity index (χ4n) is 3.61. The summed E-state index contributed by atoms with van der Waals surface area (Å²) in [4.78, 5) is 45.6. The molecule has 0 unspecified atom stereocenters. The summed E-state index contributed by atoms with van der Waals surface area (Å²) in [7, 11) is 0. The lowest BCUT2D eigenvalue weighted by Gasteiger charge is -2.15. The van der Waals surface area contributed by atoms with Crippen LogP contribution in [0, 0.1) is 6.92 Å². The number of benzene rings is 2. The second-order valence-corrected chi connectivity index (χ2v) is 9.22. The Kier molecular flexibility index (Phi) is 5.27. The zero-order valence-corrected chi connectivity index (χ0v) is 18.8. The van der Waals surface area contributed by atoms with Gasteiger partial charge in [-0.05, 0) is 36.9 Å². The van der Waals surface area contributed by atoms with Crippen LogP contribution >= 0.6 is 23.1 Å². The smallest absolute Gasteiger partial charge is 0.323 e. The van der Waals surface area contributed by atoms with E-state index in [4.69, 9.17) is 0 Å². The summed E-state index contributed by atoms with van der Waals surface area (Å²) in [5.41, 5.74) is 1.73. The van der Waals surface area contributed by atoms with E-state index >= 15 is 0 Å². The molecule has 0 radical (unpaired) electrons. The van der Waals surface area contributed by atoms with Crippen molar-refractivity contribution in [3.05, 3.63) is 70.1 Å². The van der Waals surface area contributed by atoms with Gasteiger partial charge in [-0.15, -0.1) is 10.2 Å². The van der Waals surface area contributed by atoms with Gasteiger partial charge in [-0.25, -0.2) is 0 Å². The molecule has 9 nitrogen and oxygen atoms in total. The fourth-order valence-corrected chi connectivity index (χ4v) is 5.30. The predicted octanol–water partition coefficient (Wildman–Crippen LogP) is 3.46. The third-order valence-corrected chi connectivity index (χ3v) is 6.72. The molecule has 0 spiro atoms. The number of rotatable bonds is 4. The fraction of sp³-hybridized carbons (Fsp3) is 0.0909. The van der Waals surface area contributed by atoms with E-state index in [9.17, 15) is 19.5 Å². The molecule has 2 aliphatic heterocycles. The van der Waals surface area contributed by atoms with Crippen molar-refractivity contribution >= 4 is 68.1 Å². The maximum Gasteiger partial charge on any atom is 0.323 e. The molecule has 1 N–H and O–H groups in total. The van der Waals surface area contributed by atoms with Crippen LogP contribution in [0.5, 0.6) is 0 Å². The molecule has 0 atom stereocenters. The number of aromatic nitrogens is 2. The van der Waals surface area contributed by atoms with Gasteiger partial charge in [0.15, 0.2) is 5.17 Å². The minimum Gasteiger partial charge on any atom is -0.480 e. The Morgan fingerprint density at radius 2 is 1.76 bits per heavy atom. The van der Waals surface area contributed by atoms with Gasteiger partial charge < -0.3 is 5.11 Å². The number of carbonyl (C=O) groups excluding carboxylic acids is 2. The number of aliphatic imine (C=N–C) groups is 1. The first-order chi connectivity index (χ1) is 15.9. The van der Waals surface area contributed by atoms with Crippen LogP contribution in [-0.2, 0) is 14.4 Å². The molecule has 2 aromatic carbocycles. The van der Waals surface area contributed by atoms with Crippen LogP contribution in [0.15, 0.2) is 64.5 Å². The normalized spacial score (nSPS) is 19.0. The van der Waals surface area contributed by atoms with Gasteiger partial charge >= 0.3 is 5.97 Å². The summed E-state index contributed by atoms with van der Waals surface area (Å²) in [6.45, 7) is 1.31. The van der Waals surface area contributed by atoms with E-state index in [-0.39, 0.29) is 10.5 Å². The lowest BCUT2D eigenvalue weighted by Crippen LogP contribution is -2.33. The van der Waals surface area contributed by atoms with Gasteiger partial charge in [0.05, 0.1) is 21.9 Å². The second kappa shape index (κ2) is 8.26. The number of aliphatic carboxylic acids is 1. The van der Waals surface area contributed by atoms with Gasteiger partial charge in [-0.3, -0.25) is 24.2 Å². The van der Waals surface area contributed by atoms with Crippen molar-refractivity contribution in [1.29, 1.82) is 0 Å². The molecule has 1 saturated heterocycles. The summed E-state index contributed by atoms with van der Waals surface area (Å²) in [5.74, 6) is -2.09. The molecule has 3 heterocycles. The second-order valence-electron chi connectivity index (χ2n) is 7.08. The summed E-state index contributed by atoms with van der Waals surface area (Å²) < 4.78 is 0. The molecule has 2 amide bonds. The maximum absolute atomic E-state index is 13.6. The van der Waals surface area contributed by atoms with Crippen LogP contribution in [0.3, 0.4) is 0 Å². The molecule has 33 heavy (non-hydrogen) atoms. The summed E-state index contributed by atoms with van der Waals surface area (Å²) >= 11 is 2.35. The van der Waals surface area contributed by atoms with Gasteiger partial charge in [0.1, 0.15) is 11.6 Å². The van der Waals surface area contributed by atoms with Crippen LogP contribution in [0.25, 0.3) is 5.57 Å². The third kappa shape index (κ3) is 3.70. The molecule has 5 rings (SSSR count). The highest BCUT2D eigenvalue weighted by molar-refractivity contribution is 8.19. The van der Waals surface area contributed by atoms with E-state index in [2.05, 4.69) is 15.2 Å². The average molecular weight is 478 g/mol. The number of carbonyl (C=O) groups is 3. The van der Waals surface area contributed by atoms with Crippen LogP contribution in [-0.4, -0.2) is 44.8 Å². The largest absolute Gasteiger partial charge is 0.480 e. The molecule has 0 aliphatic carbocycles. The molecule has 0 bridgehead atoms. The minimum absolute atomic E-state index is 0.168. The number of nitrogens with zero attached hydrogens (tertiary/aromatic N) is 5. The minimum atomic E-state index is -1.14. The molecule has 164 valence electrons. The molecule has 1 fully saturated rings. The standard InChI is InChI=1S/C22H15N5O4S2/c1-12-24-25-21(32-12)23-22-27(13-7-3-2-4-8-13)20(31)18(33-22)17-14-9-5-6-10-15(14)26(19(17)30)11-16(28)29/h2-10H,11H2,1H3,(H,28,29)/b18-17-,23-22+. The Morgan fingerprint density at radius 3 is 2.45 bits per heavy atom. The number of fused-ring (bicyclic) bond motifs is 1. The molecule has 11 heteroatoms. The van der Waals surface area contributed by atoms with Crippen LogP contribution < -0.4 is 9.80 Å². The topological polar surface area (TPSA) is 116 Å². The van der Waals surface area contributed by atoms with E-state index in [1.807, 2.05) is 13.0 Å². The number of amidine groups is 1. The van der Waals surface area contributed by atoms with Gasteiger partial charge in [0, 0.05) is 5.56 Å². The van der Waals surface area contributed by atoms with Gasteiger partial charge in [0.25, 0.3) is 11.8 Å². The highest BCUT2D eigenvalue weighted by Crippen LogP contribution is 2.45. The van der Waals surface area contributed by atoms with Crippen molar-refractivity contribution in [3.63, 3.8) is 0 Å². The zero-order valence-electron chi connectivity index (χ0n) is 17.1.